The molecule has 0 bridgehead atoms. The Bertz CT molecular complexity index is 2290. The highest BCUT2D eigenvalue weighted by Gasteiger charge is 2.38. The van der Waals surface area contributed by atoms with Gasteiger partial charge in [0.05, 0.1) is 21.7 Å². The third-order valence-electron chi connectivity index (χ3n) is 9.53. The molecule has 2 atom stereocenters. The Hall–Kier alpha value is -4.84. The van der Waals surface area contributed by atoms with Gasteiger partial charge in [-0.15, -0.1) is 0 Å². The van der Waals surface area contributed by atoms with Gasteiger partial charge in [0.15, 0.2) is 26.3 Å². The summed E-state index contributed by atoms with van der Waals surface area (Å²) < 4.78 is 14.3. The molecule has 268 valence electrons. The van der Waals surface area contributed by atoms with Gasteiger partial charge >= 0.3 is 0 Å². The van der Waals surface area contributed by atoms with Gasteiger partial charge in [0.2, 0.25) is 0 Å². The van der Waals surface area contributed by atoms with Gasteiger partial charge in [-0.2, -0.15) is 0 Å². The molecule has 0 fully saturated rings. The molecule has 2 unspecified atom stereocenters. The number of hydrogen-bond donors (Lipinski definition) is 0. The van der Waals surface area contributed by atoms with Crippen molar-refractivity contribution >= 4 is 33.3 Å². The van der Waals surface area contributed by atoms with E-state index in [1.165, 1.54) is 20.9 Å². The predicted molar refractivity (Wildman–Crippen MR) is 219 cm³/mol. The standard InChI is InChI=1S/C48H47O3S2/c1-32-19-24-38(47(3,4)5)30-42(32)52(39-25-20-36(21-26-39)45(49)34-15-11-9-12-16-34)44-29-33(2)43(31-41(44)48(6,7)8)53(51)40-27-22-37(23-28-40)46(50)35-17-13-10-14-18-35/h9-31H,1-8H3/q+1. The highest BCUT2D eigenvalue weighted by molar-refractivity contribution is 7.97. The van der Waals surface area contributed by atoms with E-state index in [4.69, 9.17) is 0 Å². The molecule has 0 spiro atoms. The number of aryl methyl sites for hydroxylation is 2. The van der Waals surface area contributed by atoms with Crippen LogP contribution in [-0.2, 0) is 32.5 Å². The molecule has 0 saturated carbocycles. The summed E-state index contributed by atoms with van der Waals surface area (Å²) in [6.45, 7) is 17.6. The van der Waals surface area contributed by atoms with E-state index in [-0.39, 0.29) is 22.4 Å². The molecule has 0 heterocycles. The Balaban J connectivity index is 1.47. The summed E-state index contributed by atoms with van der Waals surface area (Å²) in [6.07, 6.45) is 0. The molecule has 0 aliphatic rings. The molecule has 6 aromatic rings. The van der Waals surface area contributed by atoms with Gasteiger partial charge < -0.3 is 0 Å². The van der Waals surface area contributed by atoms with Crippen LogP contribution < -0.4 is 0 Å². The first-order valence-corrected chi connectivity index (χ1v) is 20.3. The minimum atomic E-state index is -1.47. The largest absolute Gasteiger partial charge is 0.289 e. The lowest BCUT2D eigenvalue weighted by Crippen LogP contribution is -2.20. The first-order chi connectivity index (χ1) is 25.1. The van der Waals surface area contributed by atoms with E-state index in [0.29, 0.717) is 27.1 Å². The van der Waals surface area contributed by atoms with E-state index in [2.05, 4.69) is 90.9 Å². The van der Waals surface area contributed by atoms with Gasteiger partial charge in [-0.3, -0.25) is 9.59 Å². The van der Waals surface area contributed by atoms with Crippen LogP contribution in [-0.4, -0.2) is 15.8 Å². The molecule has 0 N–H and O–H groups in total. The molecule has 0 aromatic heterocycles. The molecular weight excluding hydrogens is 689 g/mol. The Kier molecular flexibility index (Phi) is 10.9. The number of ketones is 2. The van der Waals surface area contributed by atoms with E-state index in [1.807, 2.05) is 67.6 Å². The average molecular weight is 736 g/mol. The molecule has 6 aromatic carbocycles. The number of rotatable bonds is 9. The smallest absolute Gasteiger partial charge is 0.193 e. The van der Waals surface area contributed by atoms with Gasteiger partial charge in [0, 0.05) is 43.2 Å². The Morgan fingerprint density at radius 3 is 1.49 bits per heavy atom. The van der Waals surface area contributed by atoms with Crippen LogP contribution in [0.3, 0.4) is 0 Å². The molecule has 5 heteroatoms. The van der Waals surface area contributed by atoms with Crippen molar-refractivity contribution in [2.75, 3.05) is 0 Å². The summed E-state index contributed by atoms with van der Waals surface area (Å²) in [7, 11) is -2.02. The fourth-order valence-electron chi connectivity index (χ4n) is 6.39. The maximum absolute atomic E-state index is 14.3. The molecule has 6 rings (SSSR count). The summed E-state index contributed by atoms with van der Waals surface area (Å²) in [6, 6.07) is 45.0. The first-order valence-electron chi connectivity index (χ1n) is 18.0. The van der Waals surface area contributed by atoms with E-state index < -0.39 is 21.7 Å². The summed E-state index contributed by atoms with van der Waals surface area (Å²) >= 11 is 0. The quantitative estimate of drug-likeness (QED) is 0.110. The van der Waals surface area contributed by atoms with Crippen molar-refractivity contribution in [3.8, 4) is 0 Å². The van der Waals surface area contributed by atoms with Crippen LogP contribution in [0.15, 0.2) is 164 Å². The molecular formula is C48H47O3S2+. The topological polar surface area (TPSA) is 51.2 Å². The summed E-state index contributed by atoms with van der Waals surface area (Å²) in [5.74, 6) is -0.0627. The molecule has 0 amide bonds. The van der Waals surface area contributed by atoms with Gasteiger partial charge in [-0.1, -0.05) is 114 Å². The Labute approximate surface area is 320 Å². The van der Waals surface area contributed by atoms with E-state index in [9.17, 15) is 13.8 Å². The summed E-state index contributed by atoms with van der Waals surface area (Å²) in [5.41, 5.74) is 6.69. The van der Waals surface area contributed by atoms with Crippen LogP contribution in [0.2, 0.25) is 0 Å². The van der Waals surface area contributed by atoms with E-state index >= 15 is 0 Å². The maximum atomic E-state index is 14.3. The van der Waals surface area contributed by atoms with Crippen LogP contribution in [0.1, 0.15) is 95.6 Å². The van der Waals surface area contributed by atoms with Gasteiger partial charge in [0.25, 0.3) is 0 Å². The van der Waals surface area contributed by atoms with Crippen molar-refractivity contribution in [1.29, 1.82) is 0 Å². The molecule has 0 radical (unpaired) electrons. The van der Waals surface area contributed by atoms with Crippen molar-refractivity contribution in [2.45, 2.75) is 90.7 Å². The van der Waals surface area contributed by atoms with Crippen molar-refractivity contribution < 1.29 is 13.8 Å². The summed E-state index contributed by atoms with van der Waals surface area (Å²) in [4.78, 5) is 31.4. The fraction of sp³-hybridized carbons (Fsp3) is 0.208. The average Bonchev–Trinajstić information content (AvgIpc) is 3.15. The second-order valence-electron chi connectivity index (χ2n) is 15.6. The molecule has 53 heavy (non-hydrogen) atoms. The fourth-order valence-corrected chi connectivity index (χ4v) is 10.3. The highest BCUT2D eigenvalue weighted by Crippen LogP contribution is 2.42. The Morgan fingerprint density at radius 1 is 0.509 bits per heavy atom. The summed E-state index contributed by atoms with van der Waals surface area (Å²) in [5, 5.41) is 0. The maximum Gasteiger partial charge on any atom is 0.193 e. The lowest BCUT2D eigenvalue weighted by molar-refractivity contribution is 0.103. The number of hydrogen-bond acceptors (Lipinski definition) is 3. The number of benzene rings is 6. The highest BCUT2D eigenvalue weighted by atomic mass is 32.2. The molecule has 0 saturated heterocycles. The zero-order valence-corrected chi connectivity index (χ0v) is 33.5. The zero-order valence-electron chi connectivity index (χ0n) is 31.8. The lowest BCUT2D eigenvalue weighted by Gasteiger charge is -2.25. The van der Waals surface area contributed by atoms with Crippen LogP contribution in [0.4, 0.5) is 0 Å². The number of carbonyl (C=O) groups is 2. The van der Waals surface area contributed by atoms with Gasteiger partial charge in [0.1, 0.15) is 0 Å². The molecule has 0 aliphatic heterocycles. The molecule has 0 aliphatic carbocycles. The SMILES string of the molecule is Cc1cc([S+](c2ccc(C(=O)c3ccccc3)cc2)c2cc(C(C)(C)C)ccc2C)c(C(C)(C)C)cc1S(=O)c1ccc(C(=O)c2ccccc2)cc1. The van der Waals surface area contributed by atoms with E-state index in [1.54, 1.807) is 36.4 Å². The van der Waals surface area contributed by atoms with Gasteiger partial charge in [-0.25, -0.2) is 4.21 Å². The second kappa shape index (κ2) is 15.3. The normalized spacial score (nSPS) is 13.0. The van der Waals surface area contributed by atoms with Crippen molar-refractivity contribution in [1.82, 2.24) is 0 Å². The second-order valence-corrected chi connectivity index (χ2v) is 19.0. The monoisotopic (exact) mass is 735 g/mol. The predicted octanol–water partition coefficient (Wildman–Crippen LogP) is 11.6. The van der Waals surface area contributed by atoms with Crippen molar-refractivity contribution in [3.05, 3.63) is 184 Å². The van der Waals surface area contributed by atoms with Crippen LogP contribution >= 0.6 is 0 Å². The minimum Gasteiger partial charge on any atom is -0.289 e. The first kappa shape index (κ1) is 37.9. The van der Waals surface area contributed by atoms with E-state index in [0.717, 1.165) is 20.9 Å². The molecule has 3 nitrogen and oxygen atoms in total. The lowest BCUT2D eigenvalue weighted by atomic mass is 9.86. The van der Waals surface area contributed by atoms with Crippen LogP contribution in [0, 0.1) is 13.8 Å². The third-order valence-corrected chi connectivity index (χ3v) is 13.5. The van der Waals surface area contributed by atoms with Crippen molar-refractivity contribution in [3.63, 3.8) is 0 Å². The van der Waals surface area contributed by atoms with Gasteiger partial charge in [-0.05, 0) is 103 Å². The minimum absolute atomic E-state index is 0.00142. The van der Waals surface area contributed by atoms with Crippen LogP contribution in [0.5, 0.6) is 0 Å². The number of carbonyl (C=O) groups excluding carboxylic acids is 2. The third kappa shape index (κ3) is 8.22. The Morgan fingerprint density at radius 2 is 1.00 bits per heavy atom. The zero-order chi connectivity index (χ0) is 38.1. The van der Waals surface area contributed by atoms with Crippen molar-refractivity contribution in [2.24, 2.45) is 0 Å². The van der Waals surface area contributed by atoms with Crippen LogP contribution in [0.25, 0.3) is 0 Å².